The van der Waals surface area contributed by atoms with Crippen LogP contribution in [0.3, 0.4) is 0 Å². The number of benzene rings is 1. The largest absolute Gasteiger partial charge is 0.408 e. The molecule has 4 heteroatoms. The first-order valence-corrected chi connectivity index (χ1v) is 11.4. The van der Waals surface area contributed by atoms with E-state index in [1.165, 1.54) is 0 Å². The lowest BCUT2D eigenvalue weighted by atomic mass is 9.75. The number of ether oxygens (including phenoxy) is 1. The summed E-state index contributed by atoms with van der Waals surface area (Å²) in [6, 6.07) is 10.2. The Morgan fingerprint density at radius 1 is 1.26 bits per heavy atom. The first-order valence-electron chi connectivity index (χ1n) is 8.49. The lowest BCUT2D eigenvalue weighted by molar-refractivity contribution is -0.172. The van der Waals surface area contributed by atoms with Gasteiger partial charge in [-0.05, 0) is 36.5 Å². The van der Waals surface area contributed by atoms with Crippen molar-refractivity contribution in [2.24, 2.45) is 0 Å². The molecular weight excluding hydrogens is 304 g/mol. The summed E-state index contributed by atoms with van der Waals surface area (Å²) in [6.45, 7) is 11.7. The van der Waals surface area contributed by atoms with E-state index in [4.69, 9.17) is 9.16 Å². The number of carbonyl (C=O) groups excluding carboxylic acids is 1. The highest BCUT2D eigenvalue weighted by atomic mass is 28.4. The number of carbonyl (C=O) groups is 1. The average Bonchev–Trinajstić information content (AvgIpc) is 2.45. The van der Waals surface area contributed by atoms with Crippen LogP contribution >= 0.6 is 0 Å². The summed E-state index contributed by atoms with van der Waals surface area (Å²) in [4.78, 5) is 11.2. The van der Waals surface area contributed by atoms with Gasteiger partial charge in [0.1, 0.15) is 6.29 Å². The molecule has 1 aliphatic carbocycles. The number of hydrogen-bond acceptors (Lipinski definition) is 3. The van der Waals surface area contributed by atoms with Gasteiger partial charge >= 0.3 is 0 Å². The number of rotatable bonds is 7. The second kappa shape index (κ2) is 6.87. The Kier molecular flexibility index (Phi) is 5.49. The van der Waals surface area contributed by atoms with Crippen molar-refractivity contribution in [3.63, 3.8) is 0 Å². The van der Waals surface area contributed by atoms with E-state index in [0.29, 0.717) is 13.0 Å². The Morgan fingerprint density at radius 2 is 1.91 bits per heavy atom. The van der Waals surface area contributed by atoms with Crippen LogP contribution in [0.15, 0.2) is 30.3 Å². The lowest BCUT2D eigenvalue weighted by Crippen LogP contribution is -2.61. The molecule has 0 bridgehead atoms. The van der Waals surface area contributed by atoms with Crippen molar-refractivity contribution in [1.82, 2.24) is 0 Å². The third-order valence-electron chi connectivity index (χ3n) is 5.40. The predicted octanol–water partition coefficient (Wildman–Crippen LogP) is 4.72. The van der Waals surface area contributed by atoms with E-state index >= 15 is 0 Å². The minimum absolute atomic E-state index is 0.0158. The molecule has 1 aromatic rings. The highest BCUT2D eigenvalue weighted by Crippen LogP contribution is 2.47. The second-order valence-electron chi connectivity index (χ2n) is 8.12. The van der Waals surface area contributed by atoms with E-state index in [-0.39, 0.29) is 11.1 Å². The first-order chi connectivity index (χ1) is 10.7. The zero-order valence-corrected chi connectivity index (χ0v) is 16.1. The van der Waals surface area contributed by atoms with E-state index in [2.05, 4.69) is 46.0 Å². The van der Waals surface area contributed by atoms with Crippen molar-refractivity contribution in [2.45, 2.75) is 76.5 Å². The quantitative estimate of drug-likeness (QED) is 0.535. The summed E-state index contributed by atoms with van der Waals surface area (Å²) in [5.74, 6) is 0. The monoisotopic (exact) mass is 334 g/mol. The third-order valence-corrected chi connectivity index (χ3v) is 9.93. The van der Waals surface area contributed by atoms with E-state index in [1.54, 1.807) is 0 Å². The molecule has 1 aromatic carbocycles. The maximum atomic E-state index is 11.2. The molecule has 0 spiro atoms. The average molecular weight is 335 g/mol. The summed E-state index contributed by atoms with van der Waals surface area (Å²) in [5, 5.41) is 0.127. The van der Waals surface area contributed by atoms with Crippen molar-refractivity contribution < 1.29 is 14.0 Å². The van der Waals surface area contributed by atoms with E-state index in [9.17, 15) is 4.79 Å². The lowest BCUT2D eigenvalue weighted by Gasteiger charge is -2.54. The van der Waals surface area contributed by atoms with Crippen LogP contribution in [0.2, 0.25) is 18.1 Å². The standard InChI is InChI=1S/C19H30O3Si/c1-18(2,3)23(4,5)22-19(13-14-20)12-11-17(19)21-15-16-9-7-6-8-10-16/h6-10,14,17H,11-13,15H2,1-5H3. The smallest absolute Gasteiger partial charge is 0.192 e. The summed E-state index contributed by atoms with van der Waals surface area (Å²) < 4.78 is 12.8. The van der Waals surface area contributed by atoms with Crippen molar-refractivity contribution in [3.05, 3.63) is 35.9 Å². The number of aldehydes is 1. The van der Waals surface area contributed by atoms with Crippen molar-refractivity contribution >= 4 is 14.6 Å². The highest BCUT2D eigenvalue weighted by molar-refractivity contribution is 6.74. The zero-order chi connectivity index (χ0) is 17.1. The van der Waals surface area contributed by atoms with Crippen LogP contribution in [-0.2, 0) is 20.6 Å². The van der Waals surface area contributed by atoms with Crippen molar-refractivity contribution in [2.75, 3.05) is 0 Å². The molecule has 0 aromatic heterocycles. The SMILES string of the molecule is CC(C)(C)[Si](C)(C)OC1(CC=O)CCC1OCc1ccccc1. The topological polar surface area (TPSA) is 35.5 Å². The van der Waals surface area contributed by atoms with Gasteiger partial charge in [0.15, 0.2) is 8.32 Å². The molecule has 23 heavy (non-hydrogen) atoms. The maximum Gasteiger partial charge on any atom is 0.192 e. The van der Waals surface area contributed by atoms with Crippen LogP contribution in [-0.4, -0.2) is 26.3 Å². The summed E-state index contributed by atoms with van der Waals surface area (Å²) in [5.41, 5.74) is 0.742. The molecule has 1 aliphatic rings. The molecule has 2 unspecified atom stereocenters. The van der Waals surface area contributed by atoms with E-state index in [1.807, 2.05) is 18.2 Å². The third kappa shape index (κ3) is 4.11. The molecule has 128 valence electrons. The van der Waals surface area contributed by atoms with Crippen LogP contribution in [0.1, 0.15) is 45.6 Å². The second-order valence-corrected chi connectivity index (χ2v) is 12.8. The molecule has 0 aliphatic heterocycles. The zero-order valence-electron chi connectivity index (χ0n) is 15.1. The van der Waals surface area contributed by atoms with E-state index < -0.39 is 13.9 Å². The van der Waals surface area contributed by atoms with Gasteiger partial charge in [0.05, 0.1) is 18.3 Å². The Bertz CT molecular complexity index is 521. The molecular formula is C19H30O3Si. The van der Waals surface area contributed by atoms with Crippen molar-refractivity contribution in [1.29, 1.82) is 0 Å². The molecule has 1 fully saturated rings. The fourth-order valence-electron chi connectivity index (χ4n) is 2.78. The van der Waals surface area contributed by atoms with Gasteiger partial charge in [0.2, 0.25) is 0 Å². The fraction of sp³-hybridized carbons (Fsp3) is 0.632. The highest BCUT2D eigenvalue weighted by Gasteiger charge is 2.53. The van der Waals surface area contributed by atoms with Crippen molar-refractivity contribution in [3.8, 4) is 0 Å². The van der Waals surface area contributed by atoms with Gasteiger partial charge in [-0.3, -0.25) is 0 Å². The number of hydrogen-bond donors (Lipinski definition) is 0. The molecule has 1 saturated carbocycles. The Labute approximate surface area is 141 Å². The minimum Gasteiger partial charge on any atom is -0.408 e. The van der Waals surface area contributed by atoms with Crippen LogP contribution in [0.25, 0.3) is 0 Å². The first kappa shape index (κ1) is 18.4. The van der Waals surface area contributed by atoms with Gasteiger partial charge in [-0.1, -0.05) is 51.1 Å². The van der Waals surface area contributed by atoms with Gasteiger partial charge in [-0.2, -0.15) is 0 Å². The Morgan fingerprint density at radius 3 is 2.39 bits per heavy atom. The van der Waals surface area contributed by atoms with E-state index in [0.717, 1.165) is 24.7 Å². The molecule has 0 radical (unpaired) electrons. The van der Waals surface area contributed by atoms with Gasteiger partial charge in [-0.25, -0.2) is 0 Å². The molecule has 2 rings (SSSR count). The molecule has 0 saturated heterocycles. The Hall–Kier alpha value is -0.973. The normalized spacial score (nSPS) is 25.0. The Balaban J connectivity index is 2.06. The van der Waals surface area contributed by atoms with Crippen LogP contribution in [0.4, 0.5) is 0 Å². The molecule has 3 nitrogen and oxygen atoms in total. The fourth-order valence-corrected chi connectivity index (χ4v) is 4.42. The summed E-state index contributed by atoms with van der Waals surface area (Å²) in [6.07, 6.45) is 3.32. The summed E-state index contributed by atoms with van der Waals surface area (Å²) >= 11 is 0. The summed E-state index contributed by atoms with van der Waals surface area (Å²) in [7, 11) is -1.94. The van der Waals surface area contributed by atoms with Gasteiger partial charge in [0.25, 0.3) is 0 Å². The van der Waals surface area contributed by atoms with Crippen LogP contribution < -0.4 is 0 Å². The maximum absolute atomic E-state index is 11.2. The molecule has 0 heterocycles. The van der Waals surface area contributed by atoms with Crippen LogP contribution in [0, 0.1) is 0 Å². The molecule has 0 amide bonds. The van der Waals surface area contributed by atoms with Gasteiger partial charge < -0.3 is 14.0 Å². The molecule has 2 atom stereocenters. The van der Waals surface area contributed by atoms with Gasteiger partial charge in [-0.15, -0.1) is 0 Å². The van der Waals surface area contributed by atoms with Gasteiger partial charge in [0, 0.05) is 6.42 Å². The predicted molar refractivity (Wildman–Crippen MR) is 95.9 cm³/mol. The van der Waals surface area contributed by atoms with Crippen LogP contribution in [0.5, 0.6) is 0 Å². The minimum atomic E-state index is -1.94. The molecule has 0 N–H and O–H groups in total.